The fourth-order valence-corrected chi connectivity index (χ4v) is 3.18. The maximum absolute atomic E-state index is 12.7. The van der Waals surface area contributed by atoms with Crippen molar-refractivity contribution < 1.29 is 34.6 Å². The molecule has 0 aromatic heterocycles. The van der Waals surface area contributed by atoms with E-state index in [9.17, 15) is 30.4 Å². The summed E-state index contributed by atoms with van der Waals surface area (Å²) in [6.07, 6.45) is -5.41. The molecule has 0 saturated carbocycles. The highest BCUT2D eigenvalue weighted by Crippen LogP contribution is 2.39. The molecule has 0 amide bonds. The summed E-state index contributed by atoms with van der Waals surface area (Å²) >= 11 is 0. The topological polar surface area (TPSA) is 43.4 Å². The van der Waals surface area contributed by atoms with E-state index in [1.54, 1.807) is 30.3 Å². The Morgan fingerprint density at radius 3 is 2.00 bits per heavy atom. The molecule has 3 nitrogen and oxygen atoms in total. The van der Waals surface area contributed by atoms with Crippen LogP contribution in [0.25, 0.3) is 0 Å². The van der Waals surface area contributed by atoms with Gasteiger partial charge in [0.1, 0.15) is 5.75 Å². The lowest BCUT2D eigenvalue weighted by Gasteiger charge is -2.19. The van der Waals surface area contributed by atoms with Crippen molar-refractivity contribution in [1.29, 1.82) is 0 Å². The van der Waals surface area contributed by atoms with Gasteiger partial charge in [-0.2, -0.15) is 30.4 Å². The molecule has 0 bridgehead atoms. The van der Waals surface area contributed by atoms with E-state index in [4.69, 9.17) is 4.18 Å². The zero-order valence-corrected chi connectivity index (χ0v) is 14.4. The molecule has 0 atom stereocenters. The van der Waals surface area contributed by atoms with Gasteiger partial charge >= 0.3 is 12.1 Å². The molecule has 0 N–H and O–H groups in total. The van der Waals surface area contributed by atoms with Crippen LogP contribution in [0.15, 0.2) is 30.3 Å². The molecule has 1 aromatic rings. The summed E-state index contributed by atoms with van der Waals surface area (Å²) in [7, 11) is -3.69. The predicted molar refractivity (Wildman–Crippen MR) is 83.7 cm³/mol. The number of halogens is 5. The lowest BCUT2D eigenvalue weighted by atomic mass is 10.1. The summed E-state index contributed by atoms with van der Waals surface area (Å²) in [6, 6.07) is 8.52. The molecule has 0 radical (unpaired) electrons. The Labute approximate surface area is 144 Å². The van der Waals surface area contributed by atoms with Gasteiger partial charge in [-0.05, 0) is 18.4 Å². The average Bonchev–Trinajstić information content (AvgIpc) is 2.49. The van der Waals surface area contributed by atoms with Gasteiger partial charge in [-0.25, -0.2) is 0 Å². The monoisotopic (exact) mass is 388 g/mol. The smallest absolute Gasteiger partial charge is 0.270 e. The van der Waals surface area contributed by atoms with E-state index in [0.29, 0.717) is 24.8 Å². The molecule has 0 saturated heterocycles. The Morgan fingerprint density at radius 1 is 0.840 bits per heavy atom. The zero-order chi connectivity index (χ0) is 19.0. The molecule has 0 heterocycles. The predicted octanol–water partition coefficient (Wildman–Crippen LogP) is 5.07. The average molecular weight is 388 g/mol. The van der Waals surface area contributed by atoms with Crippen LogP contribution in [0.2, 0.25) is 0 Å². The standard InChI is InChI=1S/C16H21F5O3S/c17-15(18,16(19,20)21)11-7-2-1-3-8-12-24-25(22,23)13-14-9-5-4-6-10-14/h4-6,9-10H,1-3,7-8,11-13H2. The molecule has 9 heteroatoms. The van der Waals surface area contributed by atoms with Crippen LogP contribution in [0.5, 0.6) is 0 Å². The first-order valence-electron chi connectivity index (χ1n) is 7.89. The van der Waals surface area contributed by atoms with Gasteiger partial charge in [-0.15, -0.1) is 0 Å². The summed E-state index contributed by atoms with van der Waals surface area (Å²) < 4.78 is 89.5. The Hall–Kier alpha value is -1.22. The van der Waals surface area contributed by atoms with Crippen molar-refractivity contribution in [1.82, 2.24) is 0 Å². The lowest BCUT2D eigenvalue weighted by Crippen LogP contribution is -2.36. The van der Waals surface area contributed by atoms with Gasteiger partial charge in [-0.1, -0.05) is 49.6 Å². The van der Waals surface area contributed by atoms with Crippen molar-refractivity contribution in [3.8, 4) is 0 Å². The Bertz CT molecular complexity index is 600. The van der Waals surface area contributed by atoms with E-state index < -0.39 is 28.6 Å². The van der Waals surface area contributed by atoms with Crippen LogP contribution in [-0.2, 0) is 20.1 Å². The highest BCUT2D eigenvalue weighted by Gasteiger charge is 2.56. The Morgan fingerprint density at radius 2 is 1.40 bits per heavy atom. The van der Waals surface area contributed by atoms with Crippen LogP contribution in [0, 0.1) is 0 Å². The van der Waals surface area contributed by atoms with Gasteiger partial charge in [0, 0.05) is 6.42 Å². The van der Waals surface area contributed by atoms with Gasteiger partial charge in [0.25, 0.3) is 10.1 Å². The molecule has 0 unspecified atom stereocenters. The largest absolute Gasteiger partial charge is 0.453 e. The van der Waals surface area contributed by atoms with E-state index in [0.717, 1.165) is 0 Å². The van der Waals surface area contributed by atoms with Gasteiger partial charge in [0.2, 0.25) is 0 Å². The summed E-state index contributed by atoms with van der Waals surface area (Å²) in [5.41, 5.74) is 0.605. The minimum Gasteiger partial charge on any atom is -0.270 e. The maximum atomic E-state index is 12.7. The molecule has 1 rings (SSSR count). The van der Waals surface area contributed by atoms with Crippen LogP contribution < -0.4 is 0 Å². The van der Waals surface area contributed by atoms with Gasteiger partial charge in [0.05, 0.1) is 6.61 Å². The second-order valence-corrected chi connectivity index (χ2v) is 7.37. The minimum atomic E-state index is -5.51. The molecule has 0 spiro atoms. The number of rotatable bonds is 11. The summed E-state index contributed by atoms with van der Waals surface area (Å²) in [5, 5.41) is 0. The van der Waals surface area contributed by atoms with E-state index in [1.165, 1.54) is 0 Å². The lowest BCUT2D eigenvalue weighted by molar-refractivity contribution is -0.284. The Balaban J connectivity index is 2.12. The molecule has 0 aliphatic heterocycles. The molecule has 25 heavy (non-hydrogen) atoms. The highest BCUT2D eigenvalue weighted by molar-refractivity contribution is 7.85. The van der Waals surface area contributed by atoms with E-state index in [1.807, 2.05) is 0 Å². The van der Waals surface area contributed by atoms with Crippen LogP contribution in [0.3, 0.4) is 0 Å². The van der Waals surface area contributed by atoms with Crippen molar-refractivity contribution in [2.24, 2.45) is 0 Å². The molecule has 0 aliphatic carbocycles. The summed E-state index contributed by atoms with van der Waals surface area (Å²) in [4.78, 5) is 0. The molecular weight excluding hydrogens is 367 g/mol. The maximum Gasteiger partial charge on any atom is 0.453 e. The molecule has 0 fully saturated rings. The second kappa shape index (κ2) is 9.47. The third-order valence-electron chi connectivity index (χ3n) is 3.50. The van der Waals surface area contributed by atoms with E-state index >= 15 is 0 Å². The summed E-state index contributed by atoms with van der Waals surface area (Å²) in [6.45, 7) is -0.0339. The SMILES string of the molecule is O=S(=O)(Cc1ccccc1)OCCCCCCCC(F)(F)C(F)(F)F. The first-order chi connectivity index (χ1) is 11.5. The molecule has 1 aromatic carbocycles. The number of hydrogen-bond acceptors (Lipinski definition) is 3. The Kier molecular flexibility index (Phi) is 8.27. The molecule has 144 valence electrons. The number of alkyl halides is 5. The first kappa shape index (κ1) is 21.8. The molecular formula is C16H21F5O3S. The second-order valence-electron chi connectivity index (χ2n) is 5.73. The normalized spacial score (nSPS) is 13.2. The quantitative estimate of drug-likeness (QED) is 0.302. The molecule has 0 aliphatic rings. The van der Waals surface area contributed by atoms with Crippen LogP contribution in [0.1, 0.15) is 44.1 Å². The number of benzene rings is 1. The van der Waals surface area contributed by atoms with Crippen LogP contribution in [-0.4, -0.2) is 27.1 Å². The third-order valence-corrected chi connectivity index (χ3v) is 4.71. The number of hydrogen-bond donors (Lipinski definition) is 0. The van der Waals surface area contributed by atoms with Crippen molar-refractivity contribution in [3.05, 3.63) is 35.9 Å². The van der Waals surface area contributed by atoms with Crippen molar-refractivity contribution in [3.63, 3.8) is 0 Å². The van der Waals surface area contributed by atoms with Crippen LogP contribution in [0.4, 0.5) is 22.0 Å². The van der Waals surface area contributed by atoms with Crippen molar-refractivity contribution in [2.45, 2.75) is 56.4 Å². The minimum absolute atomic E-state index is 0.0339. The third kappa shape index (κ3) is 8.62. The van der Waals surface area contributed by atoms with E-state index in [-0.39, 0.29) is 25.2 Å². The number of unbranched alkanes of at least 4 members (excludes halogenated alkanes) is 4. The fraction of sp³-hybridized carbons (Fsp3) is 0.625. The van der Waals surface area contributed by atoms with Gasteiger partial charge in [-0.3, -0.25) is 4.18 Å². The van der Waals surface area contributed by atoms with Gasteiger partial charge in [0.15, 0.2) is 0 Å². The van der Waals surface area contributed by atoms with Crippen molar-refractivity contribution >= 4 is 10.1 Å². The zero-order valence-electron chi connectivity index (χ0n) is 13.6. The van der Waals surface area contributed by atoms with Crippen LogP contribution >= 0.6 is 0 Å². The fourth-order valence-electron chi connectivity index (χ4n) is 2.13. The van der Waals surface area contributed by atoms with E-state index in [2.05, 4.69) is 0 Å². The highest BCUT2D eigenvalue weighted by atomic mass is 32.2. The first-order valence-corrected chi connectivity index (χ1v) is 9.47. The van der Waals surface area contributed by atoms with Crippen molar-refractivity contribution in [2.75, 3.05) is 6.61 Å². The van der Waals surface area contributed by atoms with Gasteiger partial charge < -0.3 is 0 Å². The summed E-state index contributed by atoms with van der Waals surface area (Å²) in [5.74, 6) is -4.89.